The molecule has 0 aliphatic carbocycles. The molecule has 1 aromatic rings. The van der Waals surface area contributed by atoms with Crippen molar-refractivity contribution in [1.29, 1.82) is 0 Å². The smallest absolute Gasteiger partial charge is 0.0473 e. The molecule has 1 rings (SSSR count). The predicted octanol–water partition coefficient (Wildman–Crippen LogP) is 1.79. The van der Waals surface area contributed by atoms with E-state index in [0.29, 0.717) is 5.92 Å². The molecule has 3 nitrogen and oxygen atoms in total. The second kappa shape index (κ2) is 5.61. The Balaban J connectivity index is 2.50. The Bertz CT molecular complexity index is 282. The molecule has 0 aliphatic rings. The Labute approximate surface area is 91.7 Å². The van der Waals surface area contributed by atoms with E-state index in [0.717, 1.165) is 12.2 Å². The summed E-state index contributed by atoms with van der Waals surface area (Å²) in [4.78, 5) is 2.07. The fourth-order valence-corrected chi connectivity index (χ4v) is 1.23. The van der Waals surface area contributed by atoms with Gasteiger partial charge in [0.2, 0.25) is 0 Å². The van der Waals surface area contributed by atoms with Gasteiger partial charge in [0, 0.05) is 38.6 Å². The molecular weight excluding hydrogens is 188 g/mol. The van der Waals surface area contributed by atoms with Crippen molar-refractivity contribution in [3.8, 4) is 0 Å². The summed E-state index contributed by atoms with van der Waals surface area (Å²) in [7, 11) is 4.05. The van der Waals surface area contributed by atoms with Crippen molar-refractivity contribution in [3.05, 3.63) is 24.3 Å². The Morgan fingerprint density at radius 2 is 1.87 bits per heavy atom. The first-order valence-electron chi connectivity index (χ1n) is 5.25. The molecule has 0 saturated carbocycles. The summed E-state index contributed by atoms with van der Waals surface area (Å²) in [5.74, 6) is 0.290. The molecule has 84 valence electrons. The van der Waals surface area contributed by atoms with E-state index in [9.17, 15) is 0 Å². The standard InChI is InChI=1S/C12H20N2O/c1-10(9-15)8-13-11-4-6-12(7-5-11)14(2)3/h4-7,10,13,15H,8-9H2,1-3H3. The molecule has 3 heteroatoms. The fourth-order valence-electron chi connectivity index (χ4n) is 1.23. The second-order valence-corrected chi connectivity index (χ2v) is 4.11. The number of nitrogens with zero attached hydrogens (tertiary/aromatic N) is 1. The molecule has 0 bridgehead atoms. The molecule has 1 atom stereocenters. The lowest BCUT2D eigenvalue weighted by Gasteiger charge is -2.14. The van der Waals surface area contributed by atoms with Gasteiger partial charge in [-0.25, -0.2) is 0 Å². The van der Waals surface area contributed by atoms with E-state index in [2.05, 4.69) is 34.5 Å². The summed E-state index contributed by atoms with van der Waals surface area (Å²) in [6.07, 6.45) is 0. The Morgan fingerprint density at radius 3 is 2.33 bits per heavy atom. The topological polar surface area (TPSA) is 35.5 Å². The molecule has 0 aromatic heterocycles. The average Bonchev–Trinajstić information content (AvgIpc) is 2.26. The van der Waals surface area contributed by atoms with Gasteiger partial charge in [-0.05, 0) is 30.2 Å². The van der Waals surface area contributed by atoms with Crippen molar-refractivity contribution in [2.75, 3.05) is 37.5 Å². The molecule has 0 heterocycles. The lowest BCUT2D eigenvalue weighted by molar-refractivity contribution is 0.244. The van der Waals surface area contributed by atoms with E-state index < -0.39 is 0 Å². The SMILES string of the molecule is CC(CO)CNc1ccc(N(C)C)cc1. The molecular formula is C12H20N2O. The van der Waals surface area contributed by atoms with Gasteiger partial charge < -0.3 is 15.3 Å². The third-order valence-electron chi connectivity index (χ3n) is 2.35. The predicted molar refractivity (Wildman–Crippen MR) is 65.5 cm³/mol. The Morgan fingerprint density at radius 1 is 1.27 bits per heavy atom. The lowest BCUT2D eigenvalue weighted by atomic mass is 10.2. The summed E-state index contributed by atoms with van der Waals surface area (Å²) in [5, 5.41) is 12.2. The molecule has 1 unspecified atom stereocenters. The highest BCUT2D eigenvalue weighted by Crippen LogP contribution is 2.15. The van der Waals surface area contributed by atoms with Crippen LogP contribution in [0.1, 0.15) is 6.92 Å². The molecule has 15 heavy (non-hydrogen) atoms. The molecule has 0 aliphatic heterocycles. The zero-order valence-corrected chi connectivity index (χ0v) is 9.70. The number of hydrogen-bond acceptors (Lipinski definition) is 3. The third-order valence-corrected chi connectivity index (χ3v) is 2.35. The van der Waals surface area contributed by atoms with Gasteiger partial charge in [0.1, 0.15) is 0 Å². The van der Waals surface area contributed by atoms with Gasteiger partial charge in [-0.3, -0.25) is 0 Å². The normalized spacial score (nSPS) is 12.3. The quantitative estimate of drug-likeness (QED) is 0.774. The van der Waals surface area contributed by atoms with E-state index in [1.165, 1.54) is 5.69 Å². The van der Waals surface area contributed by atoms with Crippen LogP contribution in [0.15, 0.2) is 24.3 Å². The van der Waals surface area contributed by atoms with Crippen LogP contribution in [0.2, 0.25) is 0 Å². The Kier molecular flexibility index (Phi) is 4.43. The minimum atomic E-state index is 0.225. The molecule has 0 amide bonds. The lowest BCUT2D eigenvalue weighted by Crippen LogP contribution is -2.14. The number of hydrogen-bond donors (Lipinski definition) is 2. The first kappa shape index (κ1) is 11.9. The summed E-state index contributed by atoms with van der Waals surface area (Å²) in [6, 6.07) is 8.26. The number of rotatable bonds is 5. The first-order valence-corrected chi connectivity index (χ1v) is 5.25. The average molecular weight is 208 g/mol. The Hall–Kier alpha value is -1.22. The summed E-state index contributed by atoms with van der Waals surface area (Å²) >= 11 is 0. The van der Waals surface area contributed by atoms with Gasteiger partial charge in [0.15, 0.2) is 0 Å². The number of aliphatic hydroxyl groups is 1. The molecule has 0 spiro atoms. The van der Waals surface area contributed by atoms with Crippen LogP contribution < -0.4 is 10.2 Å². The van der Waals surface area contributed by atoms with Gasteiger partial charge in [-0.2, -0.15) is 0 Å². The number of aliphatic hydroxyl groups excluding tert-OH is 1. The zero-order chi connectivity index (χ0) is 11.3. The second-order valence-electron chi connectivity index (χ2n) is 4.11. The minimum absolute atomic E-state index is 0.225. The largest absolute Gasteiger partial charge is 0.396 e. The van der Waals surface area contributed by atoms with Gasteiger partial charge >= 0.3 is 0 Å². The highest BCUT2D eigenvalue weighted by molar-refractivity contribution is 5.54. The van der Waals surface area contributed by atoms with E-state index in [1.54, 1.807) is 0 Å². The summed E-state index contributed by atoms with van der Waals surface area (Å²) in [5.41, 5.74) is 2.29. The molecule has 2 N–H and O–H groups in total. The molecule has 0 fully saturated rings. The van der Waals surface area contributed by atoms with E-state index in [-0.39, 0.29) is 6.61 Å². The van der Waals surface area contributed by atoms with Gasteiger partial charge in [-0.1, -0.05) is 6.92 Å². The summed E-state index contributed by atoms with van der Waals surface area (Å²) in [6.45, 7) is 3.04. The number of anilines is 2. The third kappa shape index (κ3) is 3.80. The maximum Gasteiger partial charge on any atom is 0.0473 e. The molecule has 0 radical (unpaired) electrons. The highest BCUT2D eigenvalue weighted by Gasteiger charge is 1.99. The van der Waals surface area contributed by atoms with E-state index in [1.807, 2.05) is 21.0 Å². The molecule has 1 aromatic carbocycles. The van der Waals surface area contributed by atoms with Crippen LogP contribution in [-0.2, 0) is 0 Å². The van der Waals surface area contributed by atoms with Crippen LogP contribution in [0.5, 0.6) is 0 Å². The van der Waals surface area contributed by atoms with Gasteiger partial charge in [-0.15, -0.1) is 0 Å². The van der Waals surface area contributed by atoms with Crippen LogP contribution in [0.25, 0.3) is 0 Å². The van der Waals surface area contributed by atoms with Crippen molar-refractivity contribution >= 4 is 11.4 Å². The van der Waals surface area contributed by atoms with Crippen molar-refractivity contribution in [3.63, 3.8) is 0 Å². The monoisotopic (exact) mass is 208 g/mol. The van der Waals surface area contributed by atoms with Crippen molar-refractivity contribution in [2.45, 2.75) is 6.92 Å². The van der Waals surface area contributed by atoms with Crippen LogP contribution in [-0.4, -0.2) is 32.4 Å². The molecule has 0 saturated heterocycles. The first-order chi connectivity index (χ1) is 7.13. The summed E-state index contributed by atoms with van der Waals surface area (Å²) < 4.78 is 0. The van der Waals surface area contributed by atoms with Gasteiger partial charge in [0.25, 0.3) is 0 Å². The fraction of sp³-hybridized carbons (Fsp3) is 0.500. The number of nitrogens with one attached hydrogen (secondary N) is 1. The van der Waals surface area contributed by atoms with Crippen molar-refractivity contribution < 1.29 is 5.11 Å². The van der Waals surface area contributed by atoms with Crippen molar-refractivity contribution in [1.82, 2.24) is 0 Å². The maximum absolute atomic E-state index is 8.88. The van der Waals surface area contributed by atoms with Gasteiger partial charge in [0.05, 0.1) is 0 Å². The van der Waals surface area contributed by atoms with Crippen LogP contribution in [0, 0.1) is 5.92 Å². The highest BCUT2D eigenvalue weighted by atomic mass is 16.3. The van der Waals surface area contributed by atoms with Crippen LogP contribution >= 0.6 is 0 Å². The van der Waals surface area contributed by atoms with Crippen molar-refractivity contribution in [2.24, 2.45) is 5.92 Å². The van der Waals surface area contributed by atoms with E-state index in [4.69, 9.17) is 5.11 Å². The number of benzene rings is 1. The van der Waals surface area contributed by atoms with Crippen LogP contribution in [0.4, 0.5) is 11.4 Å². The zero-order valence-electron chi connectivity index (χ0n) is 9.70. The maximum atomic E-state index is 8.88. The minimum Gasteiger partial charge on any atom is -0.396 e. The van der Waals surface area contributed by atoms with E-state index >= 15 is 0 Å². The van der Waals surface area contributed by atoms with Crippen LogP contribution in [0.3, 0.4) is 0 Å².